The zero-order valence-electron chi connectivity index (χ0n) is 21.8. The lowest BCUT2D eigenvalue weighted by Gasteiger charge is -2.29. The number of hydrogen-bond acceptors (Lipinski definition) is 5. The number of halogens is 2. The van der Waals surface area contributed by atoms with Gasteiger partial charge in [-0.3, -0.25) is 13.9 Å². The van der Waals surface area contributed by atoms with Gasteiger partial charge >= 0.3 is 0 Å². The van der Waals surface area contributed by atoms with Crippen LogP contribution in [-0.4, -0.2) is 57.6 Å². The number of ether oxygens (including phenoxy) is 1. The molecule has 0 aliphatic carbocycles. The molecule has 0 heterocycles. The number of sulfonamides is 1. The van der Waals surface area contributed by atoms with Gasteiger partial charge in [-0.1, -0.05) is 37.6 Å². The Hall–Kier alpha value is -2.85. The highest BCUT2D eigenvalue weighted by Crippen LogP contribution is 2.30. The molecule has 8 nitrogen and oxygen atoms in total. The summed E-state index contributed by atoms with van der Waals surface area (Å²) in [6, 6.07) is 9.59. The second-order valence-electron chi connectivity index (χ2n) is 9.22. The normalized spacial score (nSPS) is 12.2. The van der Waals surface area contributed by atoms with Gasteiger partial charge in [-0.15, -0.1) is 0 Å². The van der Waals surface area contributed by atoms with Crippen LogP contribution in [0, 0.1) is 11.7 Å². The standard InChI is InChI=1S/C26H35ClFN3O5S/c1-18(2)16-29-26(33)19(3)30(17-20-8-10-21(28)11-9-20)25(32)7-6-14-31(37(5,34)35)22-12-13-24(36-4)23(27)15-22/h8-13,15,18-19H,6-7,14,16-17H2,1-5H3,(H,29,33)/t19-/m1/s1. The first kappa shape index (κ1) is 30.4. The molecule has 0 radical (unpaired) electrons. The van der Waals surface area contributed by atoms with Crippen LogP contribution >= 0.6 is 11.6 Å². The second-order valence-corrected chi connectivity index (χ2v) is 11.5. The highest BCUT2D eigenvalue weighted by Gasteiger charge is 2.27. The first-order chi connectivity index (χ1) is 17.3. The Kier molecular flexibility index (Phi) is 11.2. The Morgan fingerprint density at radius 2 is 1.76 bits per heavy atom. The summed E-state index contributed by atoms with van der Waals surface area (Å²) in [5.41, 5.74) is 1.02. The van der Waals surface area contributed by atoms with Crippen LogP contribution in [0.15, 0.2) is 42.5 Å². The molecular formula is C26H35ClFN3O5S. The van der Waals surface area contributed by atoms with E-state index in [0.717, 1.165) is 6.26 Å². The summed E-state index contributed by atoms with van der Waals surface area (Å²) in [6.07, 6.45) is 1.28. The van der Waals surface area contributed by atoms with Gasteiger partial charge in [-0.05, 0) is 55.2 Å². The van der Waals surface area contributed by atoms with E-state index < -0.39 is 21.9 Å². The Morgan fingerprint density at radius 1 is 1.11 bits per heavy atom. The minimum Gasteiger partial charge on any atom is -0.495 e. The van der Waals surface area contributed by atoms with E-state index in [9.17, 15) is 22.4 Å². The molecule has 0 saturated carbocycles. The third-order valence-electron chi connectivity index (χ3n) is 5.69. The molecule has 2 rings (SSSR count). The van der Waals surface area contributed by atoms with Gasteiger partial charge in [0.25, 0.3) is 0 Å². The van der Waals surface area contributed by atoms with Crippen molar-refractivity contribution in [3.05, 3.63) is 58.9 Å². The number of anilines is 1. The lowest BCUT2D eigenvalue weighted by molar-refractivity contribution is -0.140. The number of nitrogens with one attached hydrogen (secondary N) is 1. The van der Waals surface area contributed by atoms with Gasteiger partial charge in [0.2, 0.25) is 21.8 Å². The molecule has 1 N–H and O–H groups in total. The zero-order valence-corrected chi connectivity index (χ0v) is 23.4. The number of benzene rings is 2. The fraction of sp³-hybridized carbons (Fsp3) is 0.462. The molecular weight excluding hydrogens is 521 g/mol. The van der Waals surface area contributed by atoms with E-state index >= 15 is 0 Å². The number of rotatable bonds is 13. The topological polar surface area (TPSA) is 96.0 Å². The van der Waals surface area contributed by atoms with E-state index in [1.807, 2.05) is 13.8 Å². The number of nitrogens with zero attached hydrogens (tertiary/aromatic N) is 2. The van der Waals surface area contributed by atoms with E-state index in [1.54, 1.807) is 31.2 Å². The molecule has 2 aromatic carbocycles. The van der Waals surface area contributed by atoms with Crippen LogP contribution in [0.5, 0.6) is 5.75 Å². The summed E-state index contributed by atoms with van der Waals surface area (Å²) in [5, 5.41) is 3.10. The quantitative estimate of drug-likeness (QED) is 0.399. The molecule has 2 aromatic rings. The summed E-state index contributed by atoms with van der Waals surface area (Å²) < 4.78 is 44.6. The summed E-state index contributed by atoms with van der Waals surface area (Å²) in [5.74, 6) is -0.363. The molecule has 0 unspecified atom stereocenters. The molecule has 0 aromatic heterocycles. The minimum atomic E-state index is -3.66. The summed E-state index contributed by atoms with van der Waals surface area (Å²) in [7, 11) is -2.20. The van der Waals surface area contributed by atoms with Crippen molar-refractivity contribution in [2.45, 2.75) is 46.2 Å². The third-order valence-corrected chi connectivity index (χ3v) is 7.18. The van der Waals surface area contributed by atoms with Crippen LogP contribution in [0.25, 0.3) is 0 Å². The first-order valence-electron chi connectivity index (χ1n) is 12.0. The third kappa shape index (κ3) is 9.19. The van der Waals surface area contributed by atoms with E-state index in [0.29, 0.717) is 23.5 Å². The van der Waals surface area contributed by atoms with E-state index in [2.05, 4.69) is 5.32 Å². The Bertz CT molecular complexity index is 1180. The van der Waals surface area contributed by atoms with E-state index in [4.69, 9.17) is 16.3 Å². The van der Waals surface area contributed by atoms with Gasteiger partial charge in [-0.2, -0.15) is 0 Å². The number of carbonyl (C=O) groups is 2. The lowest BCUT2D eigenvalue weighted by Crippen LogP contribution is -2.48. The van der Waals surface area contributed by atoms with Crippen molar-refractivity contribution in [3.63, 3.8) is 0 Å². The van der Waals surface area contributed by atoms with Crippen molar-refractivity contribution in [3.8, 4) is 5.75 Å². The Morgan fingerprint density at radius 3 is 2.30 bits per heavy atom. The average molecular weight is 556 g/mol. The molecule has 1 atom stereocenters. The van der Waals surface area contributed by atoms with Crippen LogP contribution in [0.2, 0.25) is 5.02 Å². The molecule has 0 saturated heterocycles. The predicted octanol–water partition coefficient (Wildman–Crippen LogP) is 4.22. The van der Waals surface area contributed by atoms with Crippen LogP contribution in [0.3, 0.4) is 0 Å². The molecule has 0 bridgehead atoms. The summed E-state index contributed by atoms with van der Waals surface area (Å²) in [4.78, 5) is 27.4. The van der Waals surface area contributed by atoms with E-state index in [1.165, 1.54) is 34.5 Å². The highest BCUT2D eigenvalue weighted by molar-refractivity contribution is 7.92. The summed E-state index contributed by atoms with van der Waals surface area (Å²) >= 11 is 6.18. The fourth-order valence-corrected chi connectivity index (χ4v) is 4.85. The van der Waals surface area contributed by atoms with Crippen molar-refractivity contribution >= 4 is 39.1 Å². The van der Waals surface area contributed by atoms with Gasteiger partial charge in [0, 0.05) is 26.1 Å². The van der Waals surface area contributed by atoms with Gasteiger partial charge in [-0.25, -0.2) is 12.8 Å². The van der Waals surface area contributed by atoms with Crippen LogP contribution in [-0.2, 0) is 26.2 Å². The predicted molar refractivity (Wildman–Crippen MR) is 144 cm³/mol. The smallest absolute Gasteiger partial charge is 0.242 e. The van der Waals surface area contributed by atoms with Crippen molar-refractivity contribution in [2.24, 2.45) is 5.92 Å². The Labute approximate surface area is 223 Å². The molecule has 0 aliphatic heterocycles. The maximum Gasteiger partial charge on any atom is 0.242 e. The van der Waals surface area contributed by atoms with Gasteiger partial charge in [0.1, 0.15) is 17.6 Å². The molecule has 37 heavy (non-hydrogen) atoms. The van der Waals surface area contributed by atoms with Crippen LogP contribution < -0.4 is 14.4 Å². The molecule has 11 heteroatoms. The zero-order chi connectivity index (χ0) is 27.8. The second kappa shape index (κ2) is 13.6. The molecule has 204 valence electrons. The maximum absolute atomic E-state index is 13.4. The van der Waals surface area contributed by atoms with Gasteiger partial charge < -0.3 is 15.0 Å². The number of methoxy groups -OCH3 is 1. The average Bonchev–Trinajstić information content (AvgIpc) is 2.83. The minimum absolute atomic E-state index is 0.00109. The fourth-order valence-electron chi connectivity index (χ4n) is 3.64. The molecule has 0 spiro atoms. The lowest BCUT2D eigenvalue weighted by atomic mass is 10.1. The monoisotopic (exact) mass is 555 g/mol. The number of hydrogen-bond donors (Lipinski definition) is 1. The largest absolute Gasteiger partial charge is 0.495 e. The van der Waals surface area contributed by atoms with E-state index in [-0.39, 0.29) is 48.7 Å². The van der Waals surface area contributed by atoms with Crippen molar-refractivity contribution in [1.82, 2.24) is 10.2 Å². The van der Waals surface area contributed by atoms with Crippen LogP contribution in [0.4, 0.5) is 10.1 Å². The van der Waals surface area contributed by atoms with Crippen molar-refractivity contribution in [2.75, 3.05) is 30.8 Å². The highest BCUT2D eigenvalue weighted by atomic mass is 35.5. The molecule has 0 aliphatic rings. The SMILES string of the molecule is COc1ccc(N(CCCC(=O)N(Cc2ccc(F)cc2)[C@H](C)C(=O)NCC(C)C)S(C)(=O)=O)cc1Cl. The Balaban J connectivity index is 2.17. The van der Waals surface area contributed by atoms with Gasteiger partial charge in [0.05, 0.1) is 24.1 Å². The summed E-state index contributed by atoms with van der Waals surface area (Å²) in [6.45, 7) is 6.19. The molecule has 0 fully saturated rings. The maximum atomic E-state index is 13.4. The van der Waals surface area contributed by atoms with Gasteiger partial charge in [0.15, 0.2) is 0 Å². The van der Waals surface area contributed by atoms with Crippen LogP contribution in [0.1, 0.15) is 39.2 Å². The number of amides is 2. The first-order valence-corrected chi connectivity index (χ1v) is 14.2. The molecule has 2 amide bonds. The number of carbonyl (C=O) groups excluding carboxylic acids is 2. The van der Waals surface area contributed by atoms with Crippen molar-refractivity contribution < 1.29 is 27.1 Å². The van der Waals surface area contributed by atoms with Crippen molar-refractivity contribution in [1.29, 1.82) is 0 Å².